The van der Waals surface area contributed by atoms with Gasteiger partial charge in [-0.2, -0.15) is 0 Å². The maximum atomic E-state index is 14.2. The van der Waals surface area contributed by atoms with Gasteiger partial charge in [-0.3, -0.25) is 14.9 Å². The summed E-state index contributed by atoms with van der Waals surface area (Å²) >= 11 is 0. The largest absolute Gasteiger partial charge is 0.444 e. The second-order valence-corrected chi connectivity index (χ2v) is 7.58. The third-order valence-corrected chi connectivity index (χ3v) is 4.22. The normalized spacial score (nSPS) is 16.9. The molecule has 0 spiro atoms. The quantitative estimate of drug-likeness (QED) is 0.590. The minimum absolute atomic E-state index is 0.215. The standard InChI is InChI=1S/C18H24FN3O5/c1-18(2,3)27-17(24)20(4)11-13-6-5-9-21(13)16(23)14-8-7-12(22(25)26)10-15(14)19/h7-8,10,13H,5-6,9,11H2,1-4H3/t13-/m1/s1. The molecule has 0 bridgehead atoms. The van der Waals surface area contributed by atoms with Crippen LogP contribution in [0.3, 0.4) is 0 Å². The Kier molecular flexibility index (Phi) is 6.02. The molecular weight excluding hydrogens is 357 g/mol. The number of amides is 2. The van der Waals surface area contributed by atoms with E-state index in [2.05, 4.69) is 0 Å². The van der Waals surface area contributed by atoms with Gasteiger partial charge in [0.2, 0.25) is 0 Å². The van der Waals surface area contributed by atoms with Crippen molar-refractivity contribution in [2.75, 3.05) is 20.1 Å². The number of ether oxygens (including phenoxy) is 1. The highest BCUT2D eigenvalue weighted by Gasteiger charge is 2.33. The molecule has 1 aliphatic heterocycles. The summed E-state index contributed by atoms with van der Waals surface area (Å²) in [7, 11) is 1.58. The predicted octanol–water partition coefficient (Wildman–Crippen LogP) is 3.21. The molecule has 2 amide bonds. The molecule has 148 valence electrons. The number of hydrogen-bond acceptors (Lipinski definition) is 5. The Morgan fingerprint density at radius 3 is 2.63 bits per heavy atom. The molecule has 0 aliphatic carbocycles. The number of carbonyl (C=O) groups excluding carboxylic acids is 2. The lowest BCUT2D eigenvalue weighted by molar-refractivity contribution is -0.385. The lowest BCUT2D eigenvalue weighted by Gasteiger charge is -2.30. The molecule has 0 saturated carbocycles. The number of carbonyl (C=O) groups is 2. The van der Waals surface area contributed by atoms with Crippen LogP contribution in [0.4, 0.5) is 14.9 Å². The van der Waals surface area contributed by atoms with Crippen LogP contribution in [0.15, 0.2) is 18.2 Å². The fraction of sp³-hybridized carbons (Fsp3) is 0.556. The van der Waals surface area contributed by atoms with E-state index in [4.69, 9.17) is 4.74 Å². The van der Waals surface area contributed by atoms with Crippen molar-refractivity contribution < 1.29 is 23.6 Å². The van der Waals surface area contributed by atoms with E-state index in [9.17, 15) is 24.1 Å². The highest BCUT2D eigenvalue weighted by molar-refractivity contribution is 5.95. The average Bonchev–Trinajstić information content (AvgIpc) is 3.00. The van der Waals surface area contributed by atoms with E-state index < -0.39 is 34.0 Å². The molecule has 8 nitrogen and oxygen atoms in total. The van der Waals surface area contributed by atoms with E-state index in [1.165, 1.54) is 9.80 Å². The molecule has 1 fully saturated rings. The third-order valence-electron chi connectivity index (χ3n) is 4.22. The van der Waals surface area contributed by atoms with E-state index in [0.717, 1.165) is 24.6 Å². The first-order valence-corrected chi connectivity index (χ1v) is 8.68. The Balaban J connectivity index is 2.10. The Morgan fingerprint density at radius 1 is 1.41 bits per heavy atom. The molecule has 0 aromatic heterocycles. The van der Waals surface area contributed by atoms with Gasteiger partial charge in [0.05, 0.1) is 16.6 Å². The van der Waals surface area contributed by atoms with E-state index in [1.807, 2.05) is 0 Å². The number of nitro groups is 1. The van der Waals surface area contributed by atoms with Gasteiger partial charge in [-0.05, 0) is 39.7 Å². The summed E-state index contributed by atoms with van der Waals surface area (Å²) in [5, 5.41) is 10.7. The van der Waals surface area contributed by atoms with Gasteiger partial charge in [-0.1, -0.05) is 0 Å². The van der Waals surface area contributed by atoms with Crippen LogP contribution in [0, 0.1) is 15.9 Å². The molecule has 2 rings (SSSR count). The number of benzene rings is 1. The number of halogens is 1. The molecule has 0 unspecified atom stereocenters. The predicted molar refractivity (Wildman–Crippen MR) is 96.0 cm³/mol. The third kappa shape index (κ3) is 5.15. The molecule has 9 heteroatoms. The van der Waals surface area contributed by atoms with Crippen molar-refractivity contribution >= 4 is 17.7 Å². The number of likely N-dealkylation sites (N-methyl/N-ethyl adjacent to an activating group) is 1. The molecule has 1 saturated heterocycles. The van der Waals surface area contributed by atoms with Crippen molar-refractivity contribution in [2.24, 2.45) is 0 Å². The van der Waals surface area contributed by atoms with E-state index in [1.54, 1.807) is 27.8 Å². The van der Waals surface area contributed by atoms with Crippen molar-refractivity contribution in [3.63, 3.8) is 0 Å². The van der Waals surface area contributed by atoms with Crippen LogP contribution >= 0.6 is 0 Å². The monoisotopic (exact) mass is 381 g/mol. The number of likely N-dealkylation sites (tertiary alicyclic amines) is 1. The van der Waals surface area contributed by atoms with Crippen LogP contribution in [0.25, 0.3) is 0 Å². The smallest absolute Gasteiger partial charge is 0.410 e. The lowest BCUT2D eigenvalue weighted by atomic mass is 10.1. The number of rotatable bonds is 4. The SMILES string of the molecule is CN(C[C@H]1CCCN1C(=O)c1ccc([N+](=O)[O-])cc1F)C(=O)OC(C)(C)C. The Hall–Kier alpha value is -2.71. The summed E-state index contributed by atoms with van der Waals surface area (Å²) < 4.78 is 19.5. The van der Waals surface area contributed by atoms with Crippen molar-refractivity contribution in [3.8, 4) is 0 Å². The average molecular weight is 381 g/mol. The summed E-state index contributed by atoms with van der Waals surface area (Å²) in [4.78, 5) is 37.8. The van der Waals surface area contributed by atoms with E-state index in [-0.39, 0.29) is 18.2 Å². The Morgan fingerprint density at radius 2 is 2.07 bits per heavy atom. The second-order valence-electron chi connectivity index (χ2n) is 7.58. The van der Waals surface area contributed by atoms with Crippen LogP contribution in [0.2, 0.25) is 0 Å². The van der Waals surface area contributed by atoms with Gasteiger partial charge < -0.3 is 14.5 Å². The summed E-state index contributed by atoms with van der Waals surface area (Å²) in [6.07, 6.45) is 0.906. The van der Waals surface area contributed by atoms with Gasteiger partial charge in [-0.15, -0.1) is 0 Å². The Bertz CT molecular complexity index is 747. The van der Waals surface area contributed by atoms with Crippen LogP contribution < -0.4 is 0 Å². The molecule has 1 aliphatic rings. The maximum absolute atomic E-state index is 14.2. The Labute approximate surface area is 157 Å². The zero-order valence-corrected chi connectivity index (χ0v) is 15.9. The van der Waals surface area contributed by atoms with Gasteiger partial charge in [0, 0.05) is 32.2 Å². The second kappa shape index (κ2) is 7.89. The first-order valence-electron chi connectivity index (χ1n) is 8.68. The summed E-state index contributed by atoms with van der Waals surface area (Å²) in [6.45, 7) is 5.99. The first kappa shape index (κ1) is 20.6. The van der Waals surface area contributed by atoms with Crippen LogP contribution in [-0.4, -0.2) is 58.5 Å². The van der Waals surface area contributed by atoms with Gasteiger partial charge in [-0.25, -0.2) is 9.18 Å². The highest BCUT2D eigenvalue weighted by atomic mass is 19.1. The summed E-state index contributed by atoms with van der Waals surface area (Å²) in [5.41, 5.74) is -1.25. The van der Waals surface area contributed by atoms with E-state index >= 15 is 0 Å². The number of nitro benzene ring substituents is 1. The number of nitrogens with zero attached hydrogens (tertiary/aromatic N) is 3. The fourth-order valence-corrected chi connectivity index (χ4v) is 2.97. The van der Waals surface area contributed by atoms with Crippen LogP contribution in [0.5, 0.6) is 0 Å². The van der Waals surface area contributed by atoms with Crippen LogP contribution in [0.1, 0.15) is 44.0 Å². The highest BCUT2D eigenvalue weighted by Crippen LogP contribution is 2.24. The maximum Gasteiger partial charge on any atom is 0.410 e. The minimum atomic E-state index is -0.930. The lowest BCUT2D eigenvalue weighted by Crippen LogP contribution is -2.45. The number of hydrogen-bond donors (Lipinski definition) is 0. The summed E-state index contributed by atoms with van der Waals surface area (Å²) in [5.74, 6) is -1.47. The fourth-order valence-electron chi connectivity index (χ4n) is 2.97. The van der Waals surface area contributed by atoms with Crippen molar-refractivity contribution in [3.05, 3.63) is 39.7 Å². The summed E-state index contributed by atoms with van der Waals surface area (Å²) in [6, 6.07) is 2.70. The molecule has 1 aromatic carbocycles. The van der Waals surface area contributed by atoms with Crippen molar-refractivity contribution in [1.29, 1.82) is 0 Å². The molecule has 1 atom stereocenters. The molecule has 1 heterocycles. The molecule has 0 radical (unpaired) electrons. The molecule has 27 heavy (non-hydrogen) atoms. The molecule has 0 N–H and O–H groups in total. The minimum Gasteiger partial charge on any atom is -0.444 e. The van der Waals surface area contributed by atoms with Gasteiger partial charge in [0.1, 0.15) is 11.4 Å². The van der Waals surface area contributed by atoms with Crippen molar-refractivity contribution in [2.45, 2.75) is 45.3 Å². The number of non-ortho nitro benzene ring substituents is 1. The first-order chi connectivity index (χ1) is 12.5. The zero-order valence-electron chi connectivity index (χ0n) is 15.9. The van der Waals surface area contributed by atoms with Gasteiger partial charge in [0.25, 0.3) is 11.6 Å². The van der Waals surface area contributed by atoms with Crippen molar-refractivity contribution in [1.82, 2.24) is 9.80 Å². The van der Waals surface area contributed by atoms with Crippen LogP contribution in [-0.2, 0) is 4.74 Å². The van der Waals surface area contributed by atoms with Gasteiger partial charge >= 0.3 is 6.09 Å². The molecular formula is C18H24FN3O5. The topological polar surface area (TPSA) is 93.0 Å². The van der Waals surface area contributed by atoms with Gasteiger partial charge in [0.15, 0.2) is 0 Å². The van der Waals surface area contributed by atoms with E-state index in [0.29, 0.717) is 13.0 Å². The zero-order chi connectivity index (χ0) is 20.4. The molecule has 1 aromatic rings.